The van der Waals surface area contributed by atoms with Crippen LogP contribution in [0.15, 0.2) is 33.7 Å². The number of halogens is 1. The van der Waals surface area contributed by atoms with Crippen molar-refractivity contribution in [3.05, 3.63) is 46.6 Å². The Balaban J connectivity index is 1.75. The third kappa shape index (κ3) is 3.32. The Labute approximate surface area is 143 Å². The Hall–Kier alpha value is -2.23. The summed E-state index contributed by atoms with van der Waals surface area (Å²) in [5.41, 5.74) is 1.58. The molecule has 0 atom stereocenters. The van der Waals surface area contributed by atoms with Crippen LogP contribution in [-0.2, 0) is 16.6 Å². The topological polar surface area (TPSA) is 114 Å². The first-order valence-electron chi connectivity index (χ1n) is 6.96. The molecule has 24 heavy (non-hydrogen) atoms. The highest BCUT2D eigenvalue weighted by molar-refractivity contribution is 7.89. The van der Waals surface area contributed by atoms with Crippen LogP contribution in [0.4, 0.5) is 0 Å². The van der Waals surface area contributed by atoms with Crippen molar-refractivity contribution in [2.45, 2.75) is 25.3 Å². The standard InChI is InChI=1S/C14H14ClN5O3S/c1-8-13(9(2)19-18-8)24(21,22)16-7-12-17-14(20-23-12)10-3-5-11(15)6-4-10/h3-6,16H,7H2,1-2H3,(H,18,19). The van der Waals surface area contributed by atoms with Gasteiger partial charge in [-0.1, -0.05) is 16.8 Å². The summed E-state index contributed by atoms with van der Waals surface area (Å²) in [6, 6.07) is 6.92. The van der Waals surface area contributed by atoms with E-state index in [0.29, 0.717) is 22.2 Å². The number of nitrogens with one attached hydrogen (secondary N) is 2. The van der Waals surface area contributed by atoms with E-state index in [4.69, 9.17) is 16.1 Å². The largest absolute Gasteiger partial charge is 0.338 e. The van der Waals surface area contributed by atoms with Gasteiger partial charge in [-0.3, -0.25) is 5.10 Å². The highest BCUT2D eigenvalue weighted by Gasteiger charge is 2.23. The van der Waals surface area contributed by atoms with Crippen molar-refractivity contribution in [2.24, 2.45) is 0 Å². The van der Waals surface area contributed by atoms with Gasteiger partial charge >= 0.3 is 0 Å². The zero-order valence-corrected chi connectivity index (χ0v) is 14.4. The average Bonchev–Trinajstić information content (AvgIpc) is 3.13. The van der Waals surface area contributed by atoms with E-state index in [1.807, 2.05) is 0 Å². The number of H-pyrrole nitrogens is 1. The quantitative estimate of drug-likeness (QED) is 0.714. The summed E-state index contributed by atoms with van der Waals surface area (Å²) in [5, 5.41) is 11.0. The van der Waals surface area contributed by atoms with Crippen LogP contribution in [-0.4, -0.2) is 28.8 Å². The molecule has 2 heterocycles. The van der Waals surface area contributed by atoms with Gasteiger partial charge in [-0.05, 0) is 38.1 Å². The maximum atomic E-state index is 12.3. The van der Waals surface area contributed by atoms with Crippen LogP contribution in [0.5, 0.6) is 0 Å². The molecule has 0 amide bonds. The van der Waals surface area contributed by atoms with Crippen LogP contribution >= 0.6 is 11.6 Å². The lowest BCUT2D eigenvalue weighted by atomic mass is 10.2. The molecule has 0 saturated carbocycles. The van der Waals surface area contributed by atoms with Gasteiger partial charge in [-0.25, -0.2) is 13.1 Å². The number of rotatable bonds is 5. The summed E-state index contributed by atoms with van der Waals surface area (Å²) >= 11 is 5.83. The Kier molecular flexibility index (Phi) is 4.39. The van der Waals surface area contributed by atoms with Crippen LogP contribution in [0.1, 0.15) is 17.3 Å². The minimum absolute atomic E-state index is 0.118. The first kappa shape index (κ1) is 16.6. The zero-order valence-electron chi connectivity index (χ0n) is 12.9. The van der Waals surface area contributed by atoms with Gasteiger partial charge in [0.1, 0.15) is 4.90 Å². The lowest BCUT2D eigenvalue weighted by Gasteiger charge is -2.04. The molecule has 3 aromatic rings. The number of sulfonamides is 1. The predicted octanol–water partition coefficient (Wildman–Crippen LogP) is 2.21. The van der Waals surface area contributed by atoms with Gasteiger partial charge in [0.05, 0.1) is 17.9 Å². The Bertz CT molecular complexity index is 943. The van der Waals surface area contributed by atoms with Crippen LogP contribution < -0.4 is 4.72 Å². The van der Waals surface area contributed by atoms with E-state index >= 15 is 0 Å². The summed E-state index contributed by atoms with van der Waals surface area (Å²) in [7, 11) is -3.73. The van der Waals surface area contributed by atoms with E-state index in [-0.39, 0.29) is 17.3 Å². The van der Waals surface area contributed by atoms with Crippen LogP contribution in [0.25, 0.3) is 11.4 Å². The summed E-state index contributed by atoms with van der Waals surface area (Å²) in [5.74, 6) is 0.513. The minimum Gasteiger partial charge on any atom is -0.338 e. The maximum Gasteiger partial charge on any atom is 0.244 e. The molecule has 0 radical (unpaired) electrons. The number of aromatic amines is 1. The van der Waals surface area contributed by atoms with Crippen LogP contribution in [0.3, 0.4) is 0 Å². The average molecular weight is 368 g/mol. The third-order valence-corrected chi connectivity index (χ3v) is 5.23. The fourth-order valence-electron chi connectivity index (χ4n) is 2.21. The molecule has 1 aromatic carbocycles. The van der Waals surface area contributed by atoms with Gasteiger partial charge < -0.3 is 4.52 Å². The summed E-state index contributed by atoms with van der Waals surface area (Å²) in [6.45, 7) is 3.14. The summed E-state index contributed by atoms with van der Waals surface area (Å²) in [4.78, 5) is 4.29. The van der Waals surface area contributed by atoms with E-state index in [2.05, 4.69) is 25.1 Å². The summed E-state index contributed by atoms with van der Waals surface area (Å²) < 4.78 is 32.2. The molecule has 2 N–H and O–H groups in total. The lowest BCUT2D eigenvalue weighted by molar-refractivity contribution is 0.376. The Morgan fingerprint density at radius 3 is 2.58 bits per heavy atom. The third-order valence-electron chi connectivity index (χ3n) is 3.31. The van der Waals surface area contributed by atoms with Crippen molar-refractivity contribution in [1.29, 1.82) is 0 Å². The van der Waals surface area contributed by atoms with Crippen molar-refractivity contribution in [3.8, 4) is 11.4 Å². The second kappa shape index (κ2) is 6.34. The number of hydrogen-bond acceptors (Lipinski definition) is 6. The normalized spacial score (nSPS) is 11.8. The number of benzene rings is 1. The number of aryl methyl sites for hydroxylation is 2. The maximum absolute atomic E-state index is 12.3. The smallest absolute Gasteiger partial charge is 0.244 e. The first-order valence-corrected chi connectivity index (χ1v) is 8.82. The van der Waals surface area contributed by atoms with Crippen LogP contribution in [0.2, 0.25) is 5.02 Å². The lowest BCUT2D eigenvalue weighted by Crippen LogP contribution is -2.24. The molecule has 3 rings (SSSR count). The fraction of sp³-hybridized carbons (Fsp3) is 0.214. The molecular weight excluding hydrogens is 354 g/mol. The highest BCUT2D eigenvalue weighted by Crippen LogP contribution is 2.19. The number of nitrogens with zero attached hydrogens (tertiary/aromatic N) is 3. The molecule has 0 spiro atoms. The molecule has 0 unspecified atom stereocenters. The van der Waals surface area contributed by atoms with E-state index in [1.165, 1.54) is 0 Å². The molecule has 0 bridgehead atoms. The molecule has 0 aliphatic heterocycles. The van der Waals surface area contributed by atoms with Gasteiger partial charge in [-0.15, -0.1) is 0 Å². The number of aromatic nitrogens is 4. The van der Waals surface area contributed by atoms with E-state index in [9.17, 15) is 8.42 Å². The van der Waals surface area contributed by atoms with Crippen LogP contribution in [0, 0.1) is 13.8 Å². The second-order valence-corrected chi connectivity index (χ2v) is 7.25. The molecule has 10 heteroatoms. The monoisotopic (exact) mass is 367 g/mol. The first-order chi connectivity index (χ1) is 11.4. The predicted molar refractivity (Wildman–Crippen MR) is 86.8 cm³/mol. The molecule has 0 saturated heterocycles. The number of hydrogen-bond donors (Lipinski definition) is 2. The SMILES string of the molecule is Cc1n[nH]c(C)c1S(=O)(=O)NCc1nc(-c2ccc(Cl)cc2)no1. The minimum atomic E-state index is -3.73. The van der Waals surface area contributed by atoms with Crippen molar-refractivity contribution in [3.63, 3.8) is 0 Å². The van der Waals surface area contributed by atoms with E-state index in [1.54, 1.807) is 38.1 Å². The Morgan fingerprint density at radius 2 is 1.96 bits per heavy atom. The van der Waals surface area contributed by atoms with Crippen molar-refractivity contribution < 1.29 is 12.9 Å². The molecule has 126 valence electrons. The van der Waals surface area contributed by atoms with Gasteiger partial charge in [0.15, 0.2) is 0 Å². The highest BCUT2D eigenvalue weighted by atomic mass is 35.5. The molecule has 8 nitrogen and oxygen atoms in total. The van der Waals surface area contributed by atoms with Gasteiger partial charge in [0.2, 0.25) is 21.7 Å². The van der Waals surface area contributed by atoms with Gasteiger partial charge in [0.25, 0.3) is 0 Å². The zero-order chi connectivity index (χ0) is 17.3. The van der Waals surface area contributed by atoms with Crippen molar-refractivity contribution in [2.75, 3.05) is 0 Å². The molecule has 0 aliphatic rings. The molecule has 0 aliphatic carbocycles. The molecular formula is C14H14ClN5O3S. The van der Waals surface area contributed by atoms with E-state index in [0.717, 1.165) is 5.56 Å². The summed E-state index contributed by atoms with van der Waals surface area (Å²) in [6.07, 6.45) is 0. The second-order valence-electron chi connectivity index (χ2n) is 5.11. The Morgan fingerprint density at radius 1 is 1.25 bits per heavy atom. The van der Waals surface area contributed by atoms with Gasteiger partial charge in [0, 0.05) is 10.6 Å². The van der Waals surface area contributed by atoms with E-state index < -0.39 is 10.0 Å². The molecule has 2 aromatic heterocycles. The fourth-order valence-corrected chi connectivity index (χ4v) is 3.68. The van der Waals surface area contributed by atoms with Crippen molar-refractivity contribution in [1.82, 2.24) is 25.1 Å². The molecule has 0 fully saturated rings. The van der Waals surface area contributed by atoms with Crippen molar-refractivity contribution >= 4 is 21.6 Å². The van der Waals surface area contributed by atoms with Gasteiger partial charge in [-0.2, -0.15) is 10.1 Å².